The number of ether oxygens (including phenoxy) is 1. The van der Waals surface area contributed by atoms with Crippen molar-refractivity contribution >= 4 is 0 Å². The van der Waals surface area contributed by atoms with E-state index in [2.05, 4.69) is 15.4 Å². The summed E-state index contributed by atoms with van der Waals surface area (Å²) in [6.45, 7) is 0. The lowest BCUT2D eigenvalue weighted by Gasteiger charge is -2.46. The standard InChI is InChI=1S/C10H16N4O/c1-15-10(3-2-4-10)9(14-11)8-5-12-7-13-6-8/h5-7,9,14H,2-4,11H2,1H3. The van der Waals surface area contributed by atoms with E-state index >= 15 is 0 Å². The van der Waals surface area contributed by atoms with Gasteiger partial charge in [0, 0.05) is 25.1 Å². The molecule has 1 aromatic rings. The van der Waals surface area contributed by atoms with Crippen LogP contribution in [-0.4, -0.2) is 22.7 Å². The molecule has 1 aromatic heterocycles. The lowest BCUT2D eigenvalue weighted by atomic mass is 9.73. The van der Waals surface area contributed by atoms with E-state index in [1.807, 2.05) is 0 Å². The number of nitrogens with one attached hydrogen (secondary N) is 1. The van der Waals surface area contributed by atoms with Gasteiger partial charge in [0.25, 0.3) is 0 Å². The maximum Gasteiger partial charge on any atom is 0.115 e. The quantitative estimate of drug-likeness (QED) is 0.558. The van der Waals surface area contributed by atoms with Gasteiger partial charge in [0.2, 0.25) is 0 Å². The molecule has 5 heteroatoms. The molecule has 1 aliphatic rings. The SMILES string of the molecule is COC1(C(NN)c2cncnc2)CCC1. The van der Waals surface area contributed by atoms with Crippen LogP contribution in [0.4, 0.5) is 0 Å². The third kappa shape index (κ3) is 1.73. The highest BCUT2D eigenvalue weighted by molar-refractivity contribution is 5.17. The van der Waals surface area contributed by atoms with Crippen molar-refractivity contribution in [2.24, 2.45) is 5.84 Å². The zero-order valence-corrected chi connectivity index (χ0v) is 8.81. The van der Waals surface area contributed by atoms with E-state index in [1.165, 1.54) is 12.7 Å². The molecule has 0 aromatic carbocycles. The Hall–Kier alpha value is -1.04. The molecule has 1 unspecified atom stereocenters. The van der Waals surface area contributed by atoms with Gasteiger partial charge in [-0.15, -0.1) is 0 Å². The molecule has 0 spiro atoms. The van der Waals surface area contributed by atoms with Gasteiger partial charge in [-0.25, -0.2) is 15.4 Å². The van der Waals surface area contributed by atoms with Crippen LogP contribution in [0.1, 0.15) is 30.9 Å². The van der Waals surface area contributed by atoms with Crippen molar-refractivity contribution in [1.82, 2.24) is 15.4 Å². The molecule has 0 amide bonds. The Morgan fingerprint density at radius 1 is 1.47 bits per heavy atom. The maximum absolute atomic E-state index is 5.59. The molecular weight excluding hydrogens is 192 g/mol. The topological polar surface area (TPSA) is 73.1 Å². The zero-order valence-electron chi connectivity index (χ0n) is 8.81. The van der Waals surface area contributed by atoms with Crippen LogP contribution < -0.4 is 11.3 Å². The van der Waals surface area contributed by atoms with Crippen molar-refractivity contribution in [3.8, 4) is 0 Å². The number of hydrogen-bond donors (Lipinski definition) is 2. The molecular formula is C10H16N4O. The molecule has 3 N–H and O–H groups in total. The van der Waals surface area contributed by atoms with Gasteiger partial charge in [-0.05, 0) is 19.3 Å². The summed E-state index contributed by atoms with van der Waals surface area (Å²) in [6, 6.07) is -0.0301. The van der Waals surface area contributed by atoms with E-state index in [9.17, 15) is 0 Å². The monoisotopic (exact) mass is 208 g/mol. The first-order chi connectivity index (χ1) is 7.32. The summed E-state index contributed by atoms with van der Waals surface area (Å²) < 4.78 is 5.58. The third-order valence-electron chi connectivity index (χ3n) is 3.21. The summed E-state index contributed by atoms with van der Waals surface area (Å²) >= 11 is 0. The summed E-state index contributed by atoms with van der Waals surface area (Å²) in [6.07, 6.45) is 8.28. The Labute approximate surface area is 89.0 Å². The van der Waals surface area contributed by atoms with Crippen molar-refractivity contribution < 1.29 is 4.74 Å². The Morgan fingerprint density at radius 3 is 2.53 bits per heavy atom. The molecule has 0 saturated heterocycles. The summed E-state index contributed by atoms with van der Waals surface area (Å²) in [4.78, 5) is 8.00. The molecule has 2 rings (SSSR count). The highest BCUT2D eigenvalue weighted by atomic mass is 16.5. The number of hydrazine groups is 1. The van der Waals surface area contributed by atoms with Crippen molar-refractivity contribution in [3.63, 3.8) is 0 Å². The molecule has 0 aliphatic heterocycles. The Bertz CT molecular complexity index is 307. The molecule has 1 atom stereocenters. The number of nitrogens with two attached hydrogens (primary N) is 1. The van der Waals surface area contributed by atoms with Gasteiger partial charge in [-0.1, -0.05) is 0 Å². The second kappa shape index (κ2) is 4.22. The van der Waals surface area contributed by atoms with Crippen LogP contribution in [0.3, 0.4) is 0 Å². The minimum absolute atomic E-state index is 0.0301. The maximum atomic E-state index is 5.59. The van der Waals surface area contributed by atoms with E-state index in [0.717, 1.165) is 18.4 Å². The van der Waals surface area contributed by atoms with Crippen LogP contribution in [-0.2, 0) is 4.74 Å². The highest BCUT2D eigenvalue weighted by Gasteiger charge is 2.45. The largest absolute Gasteiger partial charge is 0.376 e. The van der Waals surface area contributed by atoms with Crippen molar-refractivity contribution in [3.05, 3.63) is 24.3 Å². The predicted molar refractivity (Wildman–Crippen MR) is 55.7 cm³/mol. The molecule has 0 radical (unpaired) electrons. The lowest BCUT2D eigenvalue weighted by molar-refractivity contribution is -0.1000. The summed E-state index contributed by atoms with van der Waals surface area (Å²) in [5.74, 6) is 5.59. The number of methoxy groups -OCH3 is 1. The van der Waals surface area contributed by atoms with Crippen LogP contribution in [0.25, 0.3) is 0 Å². The molecule has 1 saturated carbocycles. The first-order valence-electron chi connectivity index (χ1n) is 5.08. The van der Waals surface area contributed by atoms with Crippen LogP contribution in [0.15, 0.2) is 18.7 Å². The smallest absolute Gasteiger partial charge is 0.115 e. The summed E-state index contributed by atoms with van der Waals surface area (Å²) in [5.41, 5.74) is 3.60. The van der Waals surface area contributed by atoms with Gasteiger partial charge >= 0.3 is 0 Å². The van der Waals surface area contributed by atoms with Gasteiger partial charge in [0.05, 0.1) is 11.6 Å². The van der Waals surface area contributed by atoms with Crippen molar-refractivity contribution in [2.75, 3.05) is 7.11 Å². The second-order valence-corrected chi connectivity index (χ2v) is 3.89. The normalized spacial score (nSPS) is 20.7. The number of hydrogen-bond acceptors (Lipinski definition) is 5. The van der Waals surface area contributed by atoms with Gasteiger partial charge in [0.15, 0.2) is 0 Å². The minimum atomic E-state index is -0.181. The highest BCUT2D eigenvalue weighted by Crippen LogP contribution is 2.44. The fourth-order valence-electron chi connectivity index (χ4n) is 2.15. The summed E-state index contributed by atoms with van der Waals surface area (Å²) in [5, 5.41) is 0. The van der Waals surface area contributed by atoms with Gasteiger partial charge < -0.3 is 4.74 Å². The molecule has 1 fully saturated rings. The predicted octanol–water partition coefficient (Wildman–Crippen LogP) is 0.550. The number of rotatable bonds is 4. The van der Waals surface area contributed by atoms with Gasteiger partial charge in [-0.2, -0.15) is 0 Å². The van der Waals surface area contributed by atoms with E-state index in [1.54, 1.807) is 19.5 Å². The van der Waals surface area contributed by atoms with Gasteiger partial charge in [-0.3, -0.25) is 5.84 Å². The van der Waals surface area contributed by atoms with E-state index in [-0.39, 0.29) is 11.6 Å². The molecule has 1 heterocycles. The van der Waals surface area contributed by atoms with Gasteiger partial charge in [0.1, 0.15) is 6.33 Å². The third-order valence-corrected chi connectivity index (χ3v) is 3.21. The fraction of sp³-hybridized carbons (Fsp3) is 0.600. The molecule has 1 aliphatic carbocycles. The average Bonchev–Trinajstić information content (AvgIpc) is 2.24. The van der Waals surface area contributed by atoms with E-state index < -0.39 is 0 Å². The zero-order chi connectivity index (χ0) is 10.7. The first kappa shape index (κ1) is 10.5. The van der Waals surface area contributed by atoms with Crippen LogP contribution in [0.5, 0.6) is 0 Å². The average molecular weight is 208 g/mol. The Kier molecular flexibility index (Phi) is 2.95. The number of nitrogens with zero attached hydrogens (tertiary/aromatic N) is 2. The Balaban J connectivity index is 2.24. The fourth-order valence-corrected chi connectivity index (χ4v) is 2.15. The van der Waals surface area contributed by atoms with Crippen LogP contribution in [0.2, 0.25) is 0 Å². The number of aromatic nitrogens is 2. The summed E-state index contributed by atoms with van der Waals surface area (Å²) in [7, 11) is 1.73. The van der Waals surface area contributed by atoms with Crippen LogP contribution in [0, 0.1) is 0 Å². The second-order valence-electron chi connectivity index (χ2n) is 3.89. The first-order valence-corrected chi connectivity index (χ1v) is 5.08. The molecule has 5 nitrogen and oxygen atoms in total. The molecule has 15 heavy (non-hydrogen) atoms. The minimum Gasteiger partial charge on any atom is -0.376 e. The van der Waals surface area contributed by atoms with Crippen LogP contribution >= 0.6 is 0 Å². The Morgan fingerprint density at radius 2 is 2.13 bits per heavy atom. The lowest BCUT2D eigenvalue weighted by Crippen LogP contribution is -2.52. The van der Waals surface area contributed by atoms with Crippen molar-refractivity contribution in [2.45, 2.75) is 30.9 Å². The molecule has 82 valence electrons. The van der Waals surface area contributed by atoms with E-state index in [0.29, 0.717) is 0 Å². The molecule has 0 bridgehead atoms. The van der Waals surface area contributed by atoms with Crippen molar-refractivity contribution in [1.29, 1.82) is 0 Å². The van der Waals surface area contributed by atoms with E-state index in [4.69, 9.17) is 10.6 Å².